The van der Waals surface area contributed by atoms with E-state index in [0.29, 0.717) is 28.5 Å². The molecule has 0 unspecified atom stereocenters. The van der Waals surface area contributed by atoms with Crippen molar-refractivity contribution in [2.24, 2.45) is 0 Å². The molecule has 0 saturated carbocycles. The normalized spacial score (nSPS) is 10.9. The van der Waals surface area contributed by atoms with E-state index >= 15 is 0 Å². The summed E-state index contributed by atoms with van der Waals surface area (Å²) in [6.45, 7) is 4.33. The van der Waals surface area contributed by atoms with E-state index < -0.39 is 0 Å². The number of rotatable bonds is 7. The number of thioether (sulfide) groups is 1. The van der Waals surface area contributed by atoms with Gasteiger partial charge >= 0.3 is 5.97 Å². The first kappa shape index (κ1) is 19.1. The number of aryl methyl sites for hydroxylation is 1. The lowest BCUT2D eigenvalue weighted by Crippen LogP contribution is -2.24. The lowest BCUT2D eigenvalue weighted by Gasteiger charge is -2.13. The fourth-order valence-electron chi connectivity index (χ4n) is 2.60. The maximum Gasteiger partial charge on any atom is 0.316 e. The molecule has 0 radical (unpaired) electrons. The second kappa shape index (κ2) is 8.81. The van der Waals surface area contributed by atoms with E-state index in [4.69, 9.17) is 4.74 Å². The first-order chi connectivity index (χ1) is 13.1. The molecule has 1 aromatic carbocycles. The number of unbranched alkanes of at least 4 members (excludes halogenated alkanes) is 1. The van der Waals surface area contributed by atoms with Gasteiger partial charge in [-0.1, -0.05) is 43.3 Å². The Hall–Kier alpha value is -2.67. The Morgan fingerprint density at radius 3 is 2.81 bits per heavy atom. The number of para-hydroxylation sites is 1. The van der Waals surface area contributed by atoms with Gasteiger partial charge in [0.15, 0.2) is 5.16 Å². The average molecular weight is 383 g/mol. The molecule has 2 aromatic heterocycles. The van der Waals surface area contributed by atoms with Crippen molar-refractivity contribution in [1.82, 2.24) is 14.5 Å². The molecule has 0 bridgehead atoms. The van der Waals surface area contributed by atoms with Gasteiger partial charge in [-0.2, -0.15) is 0 Å². The first-order valence-electron chi connectivity index (χ1n) is 8.84. The van der Waals surface area contributed by atoms with Gasteiger partial charge in [0.25, 0.3) is 5.56 Å². The molecule has 3 rings (SSSR count). The minimum Gasteiger partial charge on any atom is -0.465 e. The van der Waals surface area contributed by atoms with Crippen molar-refractivity contribution < 1.29 is 9.53 Å². The van der Waals surface area contributed by atoms with Crippen LogP contribution in [0, 0.1) is 6.92 Å². The van der Waals surface area contributed by atoms with E-state index in [-0.39, 0.29) is 17.3 Å². The standard InChI is InChI=1S/C20H21N3O3S/c1-3-4-12-26-17(24)13-27-20-22-16-10-6-5-9-15(16)19(25)23(20)18-14(2)8-7-11-21-18/h5-11H,3-4,12-13H2,1-2H3. The third kappa shape index (κ3) is 4.36. The van der Waals surface area contributed by atoms with Crippen LogP contribution in [0.1, 0.15) is 25.3 Å². The highest BCUT2D eigenvalue weighted by Crippen LogP contribution is 2.22. The number of hydrogen-bond acceptors (Lipinski definition) is 6. The molecule has 0 amide bonds. The van der Waals surface area contributed by atoms with Crippen molar-refractivity contribution in [3.63, 3.8) is 0 Å². The molecular formula is C20H21N3O3S. The van der Waals surface area contributed by atoms with Crippen molar-refractivity contribution in [3.8, 4) is 5.82 Å². The summed E-state index contributed by atoms with van der Waals surface area (Å²) in [5.74, 6) is 0.281. The van der Waals surface area contributed by atoms with E-state index in [0.717, 1.165) is 18.4 Å². The lowest BCUT2D eigenvalue weighted by molar-refractivity contribution is -0.140. The van der Waals surface area contributed by atoms with Crippen LogP contribution in [0.25, 0.3) is 16.7 Å². The van der Waals surface area contributed by atoms with Crippen molar-refractivity contribution in [3.05, 3.63) is 58.5 Å². The molecule has 0 N–H and O–H groups in total. The van der Waals surface area contributed by atoms with E-state index in [2.05, 4.69) is 9.97 Å². The second-order valence-electron chi connectivity index (χ2n) is 6.06. The summed E-state index contributed by atoms with van der Waals surface area (Å²) in [6.07, 6.45) is 3.44. The number of nitrogens with zero attached hydrogens (tertiary/aromatic N) is 3. The van der Waals surface area contributed by atoms with E-state index in [1.807, 2.05) is 32.0 Å². The zero-order valence-corrected chi connectivity index (χ0v) is 16.2. The van der Waals surface area contributed by atoms with Crippen molar-refractivity contribution >= 4 is 28.6 Å². The average Bonchev–Trinajstić information content (AvgIpc) is 2.68. The Morgan fingerprint density at radius 2 is 2.04 bits per heavy atom. The quantitative estimate of drug-likeness (QED) is 0.269. The first-order valence-corrected chi connectivity index (χ1v) is 9.82. The maximum absolute atomic E-state index is 13.1. The Balaban J connectivity index is 2.00. The Kier molecular flexibility index (Phi) is 6.24. The monoisotopic (exact) mass is 383 g/mol. The molecule has 2 heterocycles. The minimum absolute atomic E-state index is 0.0837. The molecule has 7 heteroatoms. The predicted octanol–water partition coefficient (Wildman–Crippen LogP) is 3.52. The van der Waals surface area contributed by atoms with Crippen LogP contribution in [0.2, 0.25) is 0 Å². The summed E-state index contributed by atoms with van der Waals surface area (Å²) in [6, 6.07) is 10.9. The molecule has 6 nitrogen and oxygen atoms in total. The van der Waals surface area contributed by atoms with Crippen LogP contribution >= 0.6 is 11.8 Å². The molecule has 140 valence electrons. The summed E-state index contributed by atoms with van der Waals surface area (Å²) in [5, 5.41) is 0.936. The molecule has 0 atom stereocenters. The van der Waals surface area contributed by atoms with E-state index in [9.17, 15) is 9.59 Å². The number of esters is 1. The number of hydrogen-bond donors (Lipinski definition) is 0. The van der Waals surface area contributed by atoms with Crippen LogP contribution in [0.15, 0.2) is 52.5 Å². The fraction of sp³-hybridized carbons (Fsp3) is 0.300. The van der Waals surface area contributed by atoms with Crippen molar-refractivity contribution in [2.45, 2.75) is 31.8 Å². The van der Waals surface area contributed by atoms with Crippen molar-refractivity contribution in [2.75, 3.05) is 12.4 Å². The highest BCUT2D eigenvalue weighted by atomic mass is 32.2. The van der Waals surface area contributed by atoms with Crippen LogP contribution in [0.3, 0.4) is 0 Å². The van der Waals surface area contributed by atoms with E-state index in [1.54, 1.807) is 24.4 Å². The number of carbonyl (C=O) groups is 1. The van der Waals surface area contributed by atoms with Crippen LogP contribution in [-0.2, 0) is 9.53 Å². The Morgan fingerprint density at radius 1 is 1.22 bits per heavy atom. The van der Waals surface area contributed by atoms with Crippen molar-refractivity contribution in [1.29, 1.82) is 0 Å². The molecule has 0 saturated heterocycles. The summed E-state index contributed by atoms with van der Waals surface area (Å²) in [7, 11) is 0. The number of fused-ring (bicyclic) bond motifs is 1. The van der Waals surface area contributed by atoms with Gasteiger partial charge in [-0.15, -0.1) is 0 Å². The number of benzene rings is 1. The van der Waals surface area contributed by atoms with Gasteiger partial charge in [0, 0.05) is 6.20 Å². The Labute approximate surface area is 161 Å². The lowest BCUT2D eigenvalue weighted by atomic mass is 10.2. The zero-order valence-electron chi connectivity index (χ0n) is 15.3. The number of ether oxygens (including phenoxy) is 1. The molecule has 0 aliphatic carbocycles. The number of carbonyl (C=O) groups excluding carboxylic acids is 1. The van der Waals surface area contributed by atoms with Gasteiger partial charge < -0.3 is 4.74 Å². The highest BCUT2D eigenvalue weighted by molar-refractivity contribution is 7.99. The van der Waals surface area contributed by atoms with Crippen LogP contribution in [0.4, 0.5) is 0 Å². The van der Waals surface area contributed by atoms with Gasteiger partial charge in [0.2, 0.25) is 0 Å². The van der Waals surface area contributed by atoms with Gasteiger partial charge in [-0.3, -0.25) is 9.59 Å². The summed E-state index contributed by atoms with van der Waals surface area (Å²) in [5.41, 5.74) is 1.24. The number of pyridine rings is 1. The summed E-state index contributed by atoms with van der Waals surface area (Å²) in [4.78, 5) is 34.0. The van der Waals surface area contributed by atoms with Gasteiger partial charge in [0.1, 0.15) is 5.82 Å². The summed E-state index contributed by atoms with van der Waals surface area (Å²) < 4.78 is 6.67. The van der Waals surface area contributed by atoms with Gasteiger partial charge in [-0.25, -0.2) is 14.5 Å². The molecule has 0 aliphatic heterocycles. The second-order valence-corrected chi connectivity index (χ2v) is 7.00. The highest BCUT2D eigenvalue weighted by Gasteiger charge is 2.17. The van der Waals surface area contributed by atoms with Crippen LogP contribution < -0.4 is 5.56 Å². The number of aromatic nitrogens is 3. The van der Waals surface area contributed by atoms with Crippen LogP contribution in [0.5, 0.6) is 0 Å². The summed E-state index contributed by atoms with van der Waals surface area (Å²) >= 11 is 1.18. The fourth-order valence-corrected chi connectivity index (χ4v) is 3.39. The smallest absolute Gasteiger partial charge is 0.316 e. The van der Waals surface area contributed by atoms with Gasteiger partial charge in [0.05, 0.1) is 23.3 Å². The zero-order chi connectivity index (χ0) is 19.2. The Bertz CT molecular complexity index is 1020. The molecule has 0 spiro atoms. The van der Waals surface area contributed by atoms with Crippen LogP contribution in [-0.4, -0.2) is 32.9 Å². The molecule has 0 fully saturated rings. The molecule has 0 aliphatic rings. The molecule has 3 aromatic rings. The third-order valence-electron chi connectivity index (χ3n) is 4.02. The maximum atomic E-state index is 13.1. The predicted molar refractivity (Wildman–Crippen MR) is 106 cm³/mol. The minimum atomic E-state index is -0.319. The topological polar surface area (TPSA) is 74.1 Å². The molecular weight excluding hydrogens is 362 g/mol. The van der Waals surface area contributed by atoms with E-state index in [1.165, 1.54) is 16.3 Å². The largest absolute Gasteiger partial charge is 0.465 e. The SMILES string of the molecule is CCCCOC(=O)CSc1nc2ccccc2c(=O)n1-c1ncccc1C. The van der Waals surface area contributed by atoms with Gasteiger partial charge in [-0.05, 0) is 37.1 Å². The molecule has 27 heavy (non-hydrogen) atoms. The third-order valence-corrected chi connectivity index (χ3v) is 4.93.